The Balaban J connectivity index is 1.75. The maximum absolute atomic E-state index is 14.1. The van der Waals surface area contributed by atoms with E-state index in [1.807, 2.05) is 37.3 Å². The largest absolute Gasteiger partial charge is 0.493 e. The zero-order valence-corrected chi connectivity index (χ0v) is 28.9. The number of benzene rings is 2. The first-order valence-corrected chi connectivity index (χ1v) is 18.1. The van der Waals surface area contributed by atoms with Gasteiger partial charge < -0.3 is 23.7 Å². The van der Waals surface area contributed by atoms with Gasteiger partial charge in [-0.05, 0) is 67.8 Å². The minimum atomic E-state index is -0.465. The number of thiophene rings is 1. The van der Waals surface area contributed by atoms with Crippen molar-refractivity contribution in [2.24, 2.45) is 0 Å². The van der Waals surface area contributed by atoms with Crippen molar-refractivity contribution in [2.75, 3.05) is 33.0 Å². The molecule has 248 valence electrons. The Hall–Kier alpha value is -2.29. The maximum Gasteiger partial charge on any atom is 0.203 e. The molecule has 4 rings (SSSR count). The number of hydrogen-bond acceptors (Lipinski definition) is 7. The van der Waals surface area contributed by atoms with Crippen LogP contribution in [-0.2, 0) is 18.9 Å². The van der Waals surface area contributed by atoms with Crippen LogP contribution in [0.3, 0.4) is 0 Å². The van der Waals surface area contributed by atoms with Gasteiger partial charge in [-0.25, -0.2) is 0 Å². The molecule has 6 nitrogen and oxygen atoms in total. The lowest BCUT2D eigenvalue weighted by molar-refractivity contribution is -0.213. The fourth-order valence-corrected chi connectivity index (χ4v) is 6.71. The van der Waals surface area contributed by atoms with Crippen molar-refractivity contribution >= 4 is 27.2 Å². The third-order valence-corrected chi connectivity index (χ3v) is 9.51. The highest BCUT2D eigenvalue weighted by Gasteiger charge is 2.43. The van der Waals surface area contributed by atoms with E-state index in [1.54, 1.807) is 0 Å². The quantitative estimate of drug-likeness (QED) is 0.0907. The maximum atomic E-state index is 14.1. The van der Waals surface area contributed by atoms with Crippen molar-refractivity contribution in [1.82, 2.24) is 0 Å². The van der Waals surface area contributed by atoms with Crippen molar-refractivity contribution in [3.63, 3.8) is 0 Å². The molecular weight excluding hydrogens is 584 g/mol. The number of carbonyl (C=O) groups is 1. The number of fused-ring (bicyclic) bond motifs is 1. The van der Waals surface area contributed by atoms with E-state index < -0.39 is 6.10 Å². The third-order valence-electron chi connectivity index (χ3n) is 8.40. The van der Waals surface area contributed by atoms with E-state index in [4.69, 9.17) is 23.7 Å². The van der Waals surface area contributed by atoms with Crippen LogP contribution in [0.1, 0.15) is 118 Å². The second kappa shape index (κ2) is 18.8. The van der Waals surface area contributed by atoms with Crippen molar-refractivity contribution in [3.05, 3.63) is 64.0 Å². The summed E-state index contributed by atoms with van der Waals surface area (Å²) in [5.41, 5.74) is 2.41. The standard InChI is InChI=1S/C38H54O6S/c1-6-10-18-40-26-29-24-33(42-20-12-8-3)38(43-21-13-9-4)37(44-29)31-25-30(27(5)22-32(31)41-19-11-7-2)36(39)35-23-28-16-14-15-17-34(28)45-35/h14-17,22-23,25,29,33,37-38H,6-13,18-21,24,26H2,1-5H3/t29-,33-,37-,38+/m0/s1. The van der Waals surface area contributed by atoms with Crippen LogP contribution in [-0.4, -0.2) is 57.1 Å². The van der Waals surface area contributed by atoms with Crippen LogP contribution in [0, 0.1) is 6.92 Å². The highest BCUT2D eigenvalue weighted by molar-refractivity contribution is 7.21. The van der Waals surface area contributed by atoms with Crippen LogP contribution in [0.25, 0.3) is 10.1 Å². The number of rotatable bonds is 20. The smallest absolute Gasteiger partial charge is 0.203 e. The number of unbranched alkanes of at least 4 members (excludes halogenated alkanes) is 4. The summed E-state index contributed by atoms with van der Waals surface area (Å²) in [5.74, 6) is 0.771. The van der Waals surface area contributed by atoms with E-state index in [0.29, 0.717) is 45.0 Å². The molecule has 0 N–H and O–H groups in total. The number of hydrogen-bond donors (Lipinski definition) is 0. The van der Waals surface area contributed by atoms with E-state index in [1.165, 1.54) is 11.3 Å². The summed E-state index contributed by atoms with van der Waals surface area (Å²) in [7, 11) is 0. The monoisotopic (exact) mass is 638 g/mol. The van der Waals surface area contributed by atoms with E-state index in [0.717, 1.165) is 83.2 Å². The molecule has 0 amide bonds. The lowest BCUT2D eigenvalue weighted by Gasteiger charge is -2.42. The minimum absolute atomic E-state index is 0.0181. The van der Waals surface area contributed by atoms with Crippen LogP contribution in [0.2, 0.25) is 0 Å². The predicted molar refractivity (Wildman–Crippen MR) is 184 cm³/mol. The second-order valence-corrected chi connectivity index (χ2v) is 13.3. The number of ether oxygens (including phenoxy) is 5. The van der Waals surface area contributed by atoms with Gasteiger partial charge in [0.1, 0.15) is 18.0 Å². The van der Waals surface area contributed by atoms with Crippen LogP contribution < -0.4 is 4.74 Å². The number of carbonyl (C=O) groups excluding carboxylic acids is 1. The molecule has 1 fully saturated rings. The van der Waals surface area contributed by atoms with Gasteiger partial charge in [-0.2, -0.15) is 0 Å². The third kappa shape index (κ3) is 9.85. The average molecular weight is 639 g/mol. The Bertz CT molecular complexity index is 1290. The van der Waals surface area contributed by atoms with Crippen LogP contribution in [0.4, 0.5) is 0 Å². The summed E-state index contributed by atoms with van der Waals surface area (Å²) < 4.78 is 33.7. The molecule has 1 aromatic heterocycles. The van der Waals surface area contributed by atoms with Gasteiger partial charge in [0.25, 0.3) is 0 Å². The van der Waals surface area contributed by atoms with Crippen LogP contribution >= 0.6 is 11.3 Å². The summed E-state index contributed by atoms with van der Waals surface area (Å²) in [6.07, 6.45) is 7.73. The molecule has 1 saturated heterocycles. The van der Waals surface area contributed by atoms with Gasteiger partial charge in [0, 0.05) is 42.1 Å². The Morgan fingerprint density at radius 2 is 1.56 bits per heavy atom. The first kappa shape index (κ1) is 35.6. The fraction of sp³-hybridized carbons (Fsp3) is 0.605. The van der Waals surface area contributed by atoms with Gasteiger partial charge >= 0.3 is 0 Å². The van der Waals surface area contributed by atoms with Crippen LogP contribution in [0.5, 0.6) is 5.75 Å². The molecule has 0 bridgehead atoms. The topological polar surface area (TPSA) is 63.2 Å². The molecule has 7 heteroatoms. The molecule has 3 aromatic rings. The Labute approximate surface area is 274 Å². The highest BCUT2D eigenvalue weighted by Crippen LogP contribution is 2.42. The summed E-state index contributed by atoms with van der Waals surface area (Å²) in [4.78, 5) is 14.8. The van der Waals surface area contributed by atoms with Crippen LogP contribution in [0.15, 0.2) is 42.5 Å². The first-order chi connectivity index (χ1) is 22.0. The fourth-order valence-electron chi connectivity index (χ4n) is 5.69. The minimum Gasteiger partial charge on any atom is -0.493 e. The van der Waals surface area contributed by atoms with Gasteiger partial charge in [-0.15, -0.1) is 11.3 Å². The molecule has 0 aliphatic carbocycles. The Morgan fingerprint density at radius 1 is 0.867 bits per heavy atom. The summed E-state index contributed by atoms with van der Waals surface area (Å²) >= 11 is 1.54. The molecule has 0 saturated carbocycles. The molecule has 1 aliphatic heterocycles. The number of aryl methyl sites for hydroxylation is 1. The van der Waals surface area contributed by atoms with Gasteiger partial charge in [0.05, 0.1) is 30.3 Å². The van der Waals surface area contributed by atoms with Crippen molar-refractivity contribution < 1.29 is 28.5 Å². The summed E-state index contributed by atoms with van der Waals surface area (Å²) in [5, 5.41) is 1.08. The van der Waals surface area contributed by atoms with E-state index >= 15 is 0 Å². The van der Waals surface area contributed by atoms with Crippen molar-refractivity contribution in [2.45, 2.75) is 117 Å². The van der Waals surface area contributed by atoms with E-state index in [2.05, 4.69) is 39.8 Å². The molecule has 45 heavy (non-hydrogen) atoms. The zero-order chi connectivity index (χ0) is 32.0. The average Bonchev–Trinajstić information content (AvgIpc) is 3.48. The lowest BCUT2D eigenvalue weighted by atomic mass is 9.89. The normalized spacial score (nSPS) is 20.1. The molecule has 2 heterocycles. The molecule has 0 spiro atoms. The Kier molecular flexibility index (Phi) is 14.8. The number of ketones is 1. The van der Waals surface area contributed by atoms with E-state index in [9.17, 15) is 4.79 Å². The lowest BCUT2D eigenvalue weighted by Crippen LogP contribution is -2.48. The summed E-state index contributed by atoms with van der Waals surface area (Å²) in [6.45, 7) is 13.8. The summed E-state index contributed by atoms with van der Waals surface area (Å²) in [6, 6.07) is 14.2. The van der Waals surface area contributed by atoms with Gasteiger partial charge in [-0.3, -0.25) is 4.79 Å². The molecule has 0 radical (unpaired) electrons. The van der Waals surface area contributed by atoms with E-state index in [-0.39, 0.29) is 24.1 Å². The zero-order valence-electron chi connectivity index (χ0n) is 28.1. The van der Waals surface area contributed by atoms with Gasteiger partial charge in [-0.1, -0.05) is 71.6 Å². The van der Waals surface area contributed by atoms with Crippen molar-refractivity contribution in [1.29, 1.82) is 0 Å². The SMILES string of the molecule is CCCCOC[C@@H]1C[C@H](OCCCC)[C@@H](OCCCC)[C@H](c2cc(C(=O)c3cc4ccccc4s3)c(C)cc2OCCCC)O1. The van der Waals surface area contributed by atoms with Gasteiger partial charge in [0.2, 0.25) is 5.78 Å². The molecule has 1 aliphatic rings. The van der Waals surface area contributed by atoms with Gasteiger partial charge in [0.15, 0.2) is 0 Å². The molecular formula is C38H54O6S. The van der Waals surface area contributed by atoms with Crippen molar-refractivity contribution in [3.8, 4) is 5.75 Å². The molecule has 0 unspecified atom stereocenters. The predicted octanol–water partition coefficient (Wildman–Crippen LogP) is 9.64. The molecule has 2 aromatic carbocycles. The first-order valence-electron chi connectivity index (χ1n) is 17.3. The second-order valence-electron chi connectivity index (χ2n) is 12.2. The molecule has 4 atom stereocenters. The Morgan fingerprint density at radius 3 is 2.29 bits per heavy atom. The highest BCUT2D eigenvalue weighted by atomic mass is 32.1.